The molecule has 0 atom stereocenters. The predicted molar refractivity (Wildman–Crippen MR) is 77.7 cm³/mol. The lowest BCUT2D eigenvalue weighted by Gasteiger charge is -2.33. The summed E-state index contributed by atoms with van der Waals surface area (Å²) in [6.07, 6.45) is 4.13. The molecule has 5 nitrogen and oxygen atoms in total. The Morgan fingerprint density at radius 3 is 2.35 bits per heavy atom. The van der Waals surface area contributed by atoms with Crippen molar-refractivity contribution < 1.29 is 14.3 Å². The van der Waals surface area contributed by atoms with Crippen LogP contribution in [-0.2, 0) is 14.3 Å². The lowest BCUT2D eigenvalue weighted by atomic mass is 9.87. The molecular formula is C15H28N2O3. The highest BCUT2D eigenvalue weighted by Crippen LogP contribution is 2.27. The fourth-order valence-electron chi connectivity index (χ4n) is 3.05. The Balaban J connectivity index is 1.56. The second kappa shape index (κ2) is 7.96. The van der Waals surface area contributed by atoms with Crippen LogP contribution in [-0.4, -0.2) is 75.4 Å². The highest BCUT2D eigenvalue weighted by Gasteiger charge is 2.27. The summed E-state index contributed by atoms with van der Waals surface area (Å²) in [4.78, 5) is 16.3. The monoisotopic (exact) mass is 284 g/mol. The second-order valence-corrected chi connectivity index (χ2v) is 6.01. The smallest absolute Gasteiger partial charge is 0.308 e. The minimum Gasteiger partial charge on any atom is -0.469 e. The lowest BCUT2D eigenvalue weighted by Crippen LogP contribution is -2.45. The van der Waals surface area contributed by atoms with Crippen LogP contribution in [0.15, 0.2) is 0 Å². The molecule has 1 heterocycles. The highest BCUT2D eigenvalue weighted by molar-refractivity contribution is 5.72. The third-order valence-electron chi connectivity index (χ3n) is 4.57. The molecule has 1 aliphatic carbocycles. The predicted octanol–water partition coefficient (Wildman–Crippen LogP) is 0.982. The number of likely N-dealkylation sites (N-methyl/N-ethyl adjacent to an activating group) is 1. The van der Waals surface area contributed by atoms with E-state index in [4.69, 9.17) is 9.47 Å². The first-order valence-corrected chi connectivity index (χ1v) is 7.79. The number of hydrogen-bond acceptors (Lipinski definition) is 5. The Morgan fingerprint density at radius 1 is 1.10 bits per heavy atom. The van der Waals surface area contributed by atoms with Gasteiger partial charge >= 0.3 is 5.97 Å². The van der Waals surface area contributed by atoms with E-state index >= 15 is 0 Å². The molecule has 0 aromatic rings. The van der Waals surface area contributed by atoms with Gasteiger partial charge in [-0.15, -0.1) is 0 Å². The SMILES string of the molecule is COC(=O)C1CCC(OCCN2CCN(C)CC2)CC1. The second-order valence-electron chi connectivity index (χ2n) is 6.01. The summed E-state index contributed by atoms with van der Waals surface area (Å²) in [5.74, 6) is 0.0402. The molecule has 1 saturated heterocycles. The molecule has 0 aromatic heterocycles. The molecule has 0 radical (unpaired) electrons. The molecule has 2 fully saturated rings. The van der Waals surface area contributed by atoms with Crippen LogP contribution in [0.2, 0.25) is 0 Å². The van der Waals surface area contributed by atoms with Crippen LogP contribution < -0.4 is 0 Å². The quantitative estimate of drug-likeness (QED) is 0.704. The number of hydrogen-bond donors (Lipinski definition) is 0. The van der Waals surface area contributed by atoms with Gasteiger partial charge in [-0.05, 0) is 32.7 Å². The zero-order valence-electron chi connectivity index (χ0n) is 12.8. The van der Waals surface area contributed by atoms with E-state index in [0.29, 0.717) is 6.10 Å². The Labute approximate surface area is 122 Å². The van der Waals surface area contributed by atoms with Gasteiger partial charge in [0.2, 0.25) is 0 Å². The van der Waals surface area contributed by atoms with Crippen LogP contribution in [0.5, 0.6) is 0 Å². The maximum atomic E-state index is 11.4. The fourth-order valence-corrected chi connectivity index (χ4v) is 3.05. The molecule has 2 aliphatic rings. The Kier molecular flexibility index (Phi) is 6.26. The van der Waals surface area contributed by atoms with Crippen molar-refractivity contribution >= 4 is 5.97 Å². The molecule has 1 saturated carbocycles. The number of carbonyl (C=O) groups is 1. The van der Waals surface area contributed by atoms with E-state index in [2.05, 4.69) is 16.8 Å². The Bertz CT molecular complexity index is 295. The number of carbonyl (C=O) groups excluding carboxylic acids is 1. The number of esters is 1. The molecule has 20 heavy (non-hydrogen) atoms. The molecule has 116 valence electrons. The van der Waals surface area contributed by atoms with Crippen molar-refractivity contribution in [3.63, 3.8) is 0 Å². The van der Waals surface area contributed by atoms with Crippen molar-refractivity contribution in [1.82, 2.24) is 9.80 Å². The first kappa shape index (κ1) is 15.7. The average molecular weight is 284 g/mol. The van der Waals surface area contributed by atoms with E-state index in [1.807, 2.05) is 0 Å². The number of rotatable bonds is 5. The van der Waals surface area contributed by atoms with E-state index in [1.54, 1.807) is 0 Å². The molecule has 0 spiro atoms. The minimum absolute atomic E-state index is 0.0547. The van der Waals surface area contributed by atoms with Crippen molar-refractivity contribution in [2.45, 2.75) is 31.8 Å². The molecule has 0 bridgehead atoms. The van der Waals surface area contributed by atoms with Crippen LogP contribution in [0.3, 0.4) is 0 Å². The van der Waals surface area contributed by atoms with Gasteiger partial charge in [-0.1, -0.05) is 0 Å². The summed E-state index contributed by atoms with van der Waals surface area (Å²) < 4.78 is 10.8. The van der Waals surface area contributed by atoms with Crippen molar-refractivity contribution in [1.29, 1.82) is 0 Å². The summed E-state index contributed by atoms with van der Waals surface area (Å²) in [7, 11) is 3.65. The van der Waals surface area contributed by atoms with Gasteiger partial charge in [0.1, 0.15) is 0 Å². The zero-order valence-corrected chi connectivity index (χ0v) is 12.8. The average Bonchev–Trinajstić information content (AvgIpc) is 2.49. The minimum atomic E-state index is -0.0547. The summed E-state index contributed by atoms with van der Waals surface area (Å²) in [5.41, 5.74) is 0. The zero-order chi connectivity index (χ0) is 14.4. The van der Waals surface area contributed by atoms with Crippen molar-refractivity contribution in [3.8, 4) is 0 Å². The summed E-state index contributed by atoms with van der Waals surface area (Å²) in [6, 6.07) is 0. The number of nitrogens with zero attached hydrogens (tertiary/aromatic N) is 2. The first-order valence-electron chi connectivity index (χ1n) is 7.79. The van der Waals surface area contributed by atoms with Crippen molar-refractivity contribution in [3.05, 3.63) is 0 Å². The van der Waals surface area contributed by atoms with Gasteiger partial charge in [0.25, 0.3) is 0 Å². The number of methoxy groups -OCH3 is 1. The van der Waals surface area contributed by atoms with E-state index in [0.717, 1.165) is 65.0 Å². The molecule has 1 aliphatic heterocycles. The summed E-state index contributed by atoms with van der Waals surface area (Å²) >= 11 is 0. The van der Waals surface area contributed by atoms with Gasteiger partial charge < -0.3 is 14.4 Å². The maximum absolute atomic E-state index is 11.4. The van der Waals surface area contributed by atoms with E-state index in [1.165, 1.54) is 7.11 Å². The topological polar surface area (TPSA) is 42.0 Å². The highest BCUT2D eigenvalue weighted by atomic mass is 16.5. The Morgan fingerprint density at radius 2 is 1.75 bits per heavy atom. The summed E-state index contributed by atoms with van der Waals surface area (Å²) in [5, 5.41) is 0. The molecule has 0 aromatic carbocycles. The van der Waals surface area contributed by atoms with E-state index in [-0.39, 0.29) is 11.9 Å². The molecule has 0 amide bonds. The van der Waals surface area contributed by atoms with Crippen LogP contribution in [0, 0.1) is 5.92 Å². The van der Waals surface area contributed by atoms with Crippen LogP contribution >= 0.6 is 0 Å². The van der Waals surface area contributed by atoms with Crippen molar-refractivity contribution in [2.24, 2.45) is 5.92 Å². The third-order valence-corrected chi connectivity index (χ3v) is 4.57. The van der Waals surface area contributed by atoms with Crippen LogP contribution in [0.25, 0.3) is 0 Å². The van der Waals surface area contributed by atoms with Gasteiger partial charge in [0.05, 0.1) is 25.7 Å². The van der Waals surface area contributed by atoms with Gasteiger partial charge in [0, 0.05) is 32.7 Å². The number of ether oxygens (including phenoxy) is 2. The fraction of sp³-hybridized carbons (Fsp3) is 0.933. The standard InChI is InChI=1S/C15H28N2O3/c1-16-7-9-17(10-8-16)11-12-20-14-5-3-13(4-6-14)15(18)19-2/h13-14H,3-12H2,1-2H3. The lowest BCUT2D eigenvalue weighted by molar-refractivity contribution is -0.147. The third kappa shape index (κ3) is 4.72. The molecule has 5 heteroatoms. The van der Waals surface area contributed by atoms with Gasteiger partial charge in [0.15, 0.2) is 0 Å². The molecule has 0 N–H and O–H groups in total. The van der Waals surface area contributed by atoms with E-state index in [9.17, 15) is 4.79 Å². The van der Waals surface area contributed by atoms with E-state index < -0.39 is 0 Å². The molecule has 2 rings (SSSR count). The maximum Gasteiger partial charge on any atom is 0.308 e. The van der Waals surface area contributed by atoms with Crippen LogP contribution in [0.4, 0.5) is 0 Å². The van der Waals surface area contributed by atoms with Crippen molar-refractivity contribution in [2.75, 3.05) is 53.5 Å². The normalized spacial score (nSPS) is 29.3. The van der Waals surface area contributed by atoms with Gasteiger partial charge in [-0.2, -0.15) is 0 Å². The Hall–Kier alpha value is -0.650. The first-order chi connectivity index (χ1) is 9.69. The number of piperazine rings is 1. The van der Waals surface area contributed by atoms with Gasteiger partial charge in [-0.25, -0.2) is 0 Å². The van der Waals surface area contributed by atoms with Gasteiger partial charge in [-0.3, -0.25) is 9.69 Å². The molecule has 0 unspecified atom stereocenters. The van der Waals surface area contributed by atoms with Crippen LogP contribution in [0.1, 0.15) is 25.7 Å². The molecular weight excluding hydrogens is 256 g/mol. The largest absolute Gasteiger partial charge is 0.469 e. The summed E-state index contributed by atoms with van der Waals surface area (Å²) in [6.45, 7) is 6.46.